The van der Waals surface area contributed by atoms with E-state index in [1.54, 1.807) is 0 Å². The molecular formula is C17H26BrN3. The summed E-state index contributed by atoms with van der Waals surface area (Å²) in [6.45, 7) is 4.67. The standard InChI is InChI=1S/C17H26BrN3/c1-20-7-8-21(2)17(12-20)11-19-16-6-4-13-9-15(18)5-3-14(13)10-16/h3,5,9,16-17,19H,4,6-8,10-12H2,1-2H3. The van der Waals surface area contributed by atoms with E-state index in [2.05, 4.69) is 63.3 Å². The maximum atomic E-state index is 3.82. The van der Waals surface area contributed by atoms with Gasteiger partial charge in [0.1, 0.15) is 0 Å². The number of halogens is 1. The van der Waals surface area contributed by atoms with Crippen LogP contribution in [0.5, 0.6) is 0 Å². The first-order chi connectivity index (χ1) is 10.1. The van der Waals surface area contributed by atoms with Crippen molar-refractivity contribution in [1.29, 1.82) is 0 Å². The number of nitrogens with one attached hydrogen (secondary N) is 1. The summed E-state index contributed by atoms with van der Waals surface area (Å²) in [6.07, 6.45) is 3.64. The fourth-order valence-corrected chi connectivity index (χ4v) is 3.93. The Kier molecular flexibility index (Phi) is 4.99. The van der Waals surface area contributed by atoms with E-state index < -0.39 is 0 Å². The van der Waals surface area contributed by atoms with E-state index in [0.717, 1.165) is 6.54 Å². The molecule has 1 aliphatic heterocycles. The lowest BCUT2D eigenvalue weighted by atomic mass is 9.88. The zero-order chi connectivity index (χ0) is 14.8. The average Bonchev–Trinajstić information content (AvgIpc) is 2.48. The van der Waals surface area contributed by atoms with Crippen LogP contribution in [0.2, 0.25) is 0 Å². The van der Waals surface area contributed by atoms with Crippen molar-refractivity contribution in [2.75, 3.05) is 40.3 Å². The van der Waals surface area contributed by atoms with E-state index in [1.165, 1.54) is 54.5 Å². The van der Waals surface area contributed by atoms with Gasteiger partial charge in [0.15, 0.2) is 0 Å². The Bertz CT molecular complexity index is 491. The van der Waals surface area contributed by atoms with Gasteiger partial charge in [0.2, 0.25) is 0 Å². The lowest BCUT2D eigenvalue weighted by Gasteiger charge is -2.39. The highest BCUT2D eigenvalue weighted by atomic mass is 79.9. The lowest BCUT2D eigenvalue weighted by molar-refractivity contribution is 0.111. The molecule has 3 nitrogen and oxygen atoms in total. The molecule has 0 saturated carbocycles. The van der Waals surface area contributed by atoms with Gasteiger partial charge in [-0.05, 0) is 56.6 Å². The highest BCUT2D eigenvalue weighted by molar-refractivity contribution is 9.10. The average molecular weight is 352 g/mol. The minimum Gasteiger partial charge on any atom is -0.312 e. The van der Waals surface area contributed by atoms with E-state index >= 15 is 0 Å². The number of likely N-dealkylation sites (N-methyl/N-ethyl adjacent to an activating group) is 2. The Morgan fingerprint density at radius 2 is 2.10 bits per heavy atom. The fraction of sp³-hybridized carbons (Fsp3) is 0.647. The molecule has 1 aromatic rings. The van der Waals surface area contributed by atoms with Crippen LogP contribution in [-0.4, -0.2) is 62.2 Å². The van der Waals surface area contributed by atoms with Crippen LogP contribution in [0.1, 0.15) is 17.5 Å². The summed E-state index contributed by atoms with van der Waals surface area (Å²) < 4.78 is 1.21. The predicted octanol–water partition coefficient (Wildman–Crippen LogP) is 2.14. The molecule has 2 unspecified atom stereocenters. The molecule has 1 aliphatic carbocycles. The quantitative estimate of drug-likeness (QED) is 0.899. The zero-order valence-electron chi connectivity index (χ0n) is 13.1. The number of aryl methyl sites for hydroxylation is 1. The van der Waals surface area contributed by atoms with Crippen LogP contribution in [0.3, 0.4) is 0 Å². The highest BCUT2D eigenvalue weighted by Crippen LogP contribution is 2.24. The number of piperazine rings is 1. The van der Waals surface area contributed by atoms with Crippen molar-refractivity contribution < 1.29 is 0 Å². The van der Waals surface area contributed by atoms with Gasteiger partial charge in [0, 0.05) is 42.7 Å². The molecule has 3 rings (SSSR count). The van der Waals surface area contributed by atoms with Crippen molar-refractivity contribution >= 4 is 15.9 Å². The van der Waals surface area contributed by atoms with Crippen LogP contribution in [0.25, 0.3) is 0 Å². The van der Waals surface area contributed by atoms with Gasteiger partial charge in [0.05, 0.1) is 0 Å². The molecule has 2 atom stereocenters. The molecule has 1 aromatic carbocycles. The molecule has 1 heterocycles. The van der Waals surface area contributed by atoms with E-state index in [0.29, 0.717) is 12.1 Å². The third kappa shape index (κ3) is 3.86. The summed E-state index contributed by atoms with van der Waals surface area (Å²) in [5.74, 6) is 0. The first-order valence-electron chi connectivity index (χ1n) is 8.01. The van der Waals surface area contributed by atoms with Crippen molar-refractivity contribution in [1.82, 2.24) is 15.1 Å². The highest BCUT2D eigenvalue weighted by Gasteiger charge is 2.24. The third-order valence-electron chi connectivity index (χ3n) is 5.02. The molecule has 21 heavy (non-hydrogen) atoms. The van der Waals surface area contributed by atoms with Crippen molar-refractivity contribution in [3.8, 4) is 0 Å². The first kappa shape index (κ1) is 15.5. The topological polar surface area (TPSA) is 18.5 Å². The van der Waals surface area contributed by atoms with Gasteiger partial charge in [-0.2, -0.15) is 0 Å². The van der Waals surface area contributed by atoms with Crippen LogP contribution in [0.15, 0.2) is 22.7 Å². The van der Waals surface area contributed by atoms with Crippen LogP contribution in [0.4, 0.5) is 0 Å². The smallest absolute Gasteiger partial charge is 0.0345 e. The van der Waals surface area contributed by atoms with Crippen LogP contribution in [-0.2, 0) is 12.8 Å². The second-order valence-electron chi connectivity index (χ2n) is 6.66. The molecule has 1 N–H and O–H groups in total. The fourth-order valence-electron chi connectivity index (χ4n) is 3.52. The van der Waals surface area contributed by atoms with Crippen molar-refractivity contribution in [3.05, 3.63) is 33.8 Å². The van der Waals surface area contributed by atoms with Gasteiger partial charge in [-0.25, -0.2) is 0 Å². The maximum Gasteiger partial charge on any atom is 0.0345 e. The number of hydrogen-bond donors (Lipinski definition) is 1. The molecule has 0 spiro atoms. The molecular weight excluding hydrogens is 326 g/mol. The van der Waals surface area contributed by atoms with Crippen molar-refractivity contribution in [2.45, 2.75) is 31.3 Å². The summed E-state index contributed by atoms with van der Waals surface area (Å²) in [5.41, 5.74) is 3.05. The molecule has 0 amide bonds. The summed E-state index contributed by atoms with van der Waals surface area (Å²) in [4.78, 5) is 4.95. The van der Waals surface area contributed by atoms with E-state index in [1.807, 2.05) is 0 Å². The molecule has 0 radical (unpaired) electrons. The Labute approximate surface area is 136 Å². The number of benzene rings is 1. The van der Waals surface area contributed by atoms with Gasteiger partial charge in [-0.15, -0.1) is 0 Å². The maximum absolute atomic E-state index is 3.82. The number of nitrogens with zero attached hydrogens (tertiary/aromatic N) is 2. The predicted molar refractivity (Wildman–Crippen MR) is 91.9 cm³/mol. The second kappa shape index (κ2) is 6.78. The lowest BCUT2D eigenvalue weighted by Crippen LogP contribution is -2.55. The van der Waals surface area contributed by atoms with Crippen LogP contribution in [0, 0.1) is 0 Å². The van der Waals surface area contributed by atoms with Crippen molar-refractivity contribution in [2.24, 2.45) is 0 Å². The summed E-state index contributed by atoms with van der Waals surface area (Å²) in [5, 5.41) is 3.82. The Balaban J connectivity index is 1.54. The Morgan fingerprint density at radius 3 is 2.95 bits per heavy atom. The second-order valence-corrected chi connectivity index (χ2v) is 7.57. The molecule has 116 valence electrons. The van der Waals surface area contributed by atoms with Gasteiger partial charge >= 0.3 is 0 Å². The first-order valence-corrected chi connectivity index (χ1v) is 8.80. The van der Waals surface area contributed by atoms with E-state index in [-0.39, 0.29) is 0 Å². The van der Waals surface area contributed by atoms with E-state index in [9.17, 15) is 0 Å². The zero-order valence-corrected chi connectivity index (χ0v) is 14.7. The third-order valence-corrected chi connectivity index (χ3v) is 5.51. The van der Waals surface area contributed by atoms with Gasteiger partial charge in [-0.1, -0.05) is 22.0 Å². The van der Waals surface area contributed by atoms with Crippen LogP contribution < -0.4 is 5.32 Å². The molecule has 4 heteroatoms. The Hall–Kier alpha value is -0.420. The largest absolute Gasteiger partial charge is 0.312 e. The summed E-state index contributed by atoms with van der Waals surface area (Å²) in [6, 6.07) is 8.03. The molecule has 1 saturated heterocycles. The number of rotatable bonds is 3. The SMILES string of the molecule is CN1CCN(C)C(CNC2CCc3cc(Br)ccc3C2)C1. The summed E-state index contributed by atoms with van der Waals surface area (Å²) >= 11 is 3.57. The Morgan fingerprint density at radius 1 is 1.24 bits per heavy atom. The van der Waals surface area contributed by atoms with Crippen molar-refractivity contribution in [3.63, 3.8) is 0 Å². The van der Waals surface area contributed by atoms with Gasteiger partial charge in [-0.3, -0.25) is 4.90 Å². The normalized spacial score (nSPS) is 27.6. The van der Waals surface area contributed by atoms with Gasteiger partial charge in [0.25, 0.3) is 0 Å². The number of fused-ring (bicyclic) bond motifs is 1. The van der Waals surface area contributed by atoms with Gasteiger partial charge < -0.3 is 10.2 Å². The minimum absolute atomic E-state index is 0.638. The molecule has 2 aliphatic rings. The van der Waals surface area contributed by atoms with Crippen LogP contribution >= 0.6 is 15.9 Å². The molecule has 1 fully saturated rings. The summed E-state index contributed by atoms with van der Waals surface area (Å²) in [7, 11) is 4.49. The minimum atomic E-state index is 0.638. The molecule has 0 aromatic heterocycles. The van der Waals surface area contributed by atoms with E-state index in [4.69, 9.17) is 0 Å². The monoisotopic (exact) mass is 351 g/mol. The molecule has 0 bridgehead atoms. The number of hydrogen-bond acceptors (Lipinski definition) is 3.